The molecule has 0 aromatic heterocycles. The van der Waals surface area contributed by atoms with Crippen LogP contribution in [0.1, 0.15) is 27.7 Å². The summed E-state index contributed by atoms with van der Waals surface area (Å²) in [5.74, 6) is -2.94. The van der Waals surface area contributed by atoms with Gasteiger partial charge in [-0.05, 0) is 0 Å². The number of esters is 2. The average Bonchev–Trinajstić information content (AvgIpc) is 2.32. The number of carbonyl (C=O) groups is 2. The molecule has 0 aromatic rings. The van der Waals surface area contributed by atoms with Crippen LogP contribution < -0.4 is 0 Å². The van der Waals surface area contributed by atoms with E-state index in [2.05, 4.69) is 9.47 Å². The number of rotatable bonds is 6. The van der Waals surface area contributed by atoms with E-state index in [0.29, 0.717) is 0 Å². The maximum atomic E-state index is 11.5. The molecule has 2 N–H and O–H groups in total. The van der Waals surface area contributed by atoms with Gasteiger partial charge in [0.25, 0.3) is 0 Å². The first kappa shape index (κ1) is 19.3. The van der Waals surface area contributed by atoms with E-state index in [1.807, 2.05) is 0 Å². The largest absolute Gasteiger partial charge is 0.447 e. The fourth-order valence-electron chi connectivity index (χ4n) is 0.718. The van der Waals surface area contributed by atoms with Crippen molar-refractivity contribution < 1.29 is 38.0 Å². The van der Waals surface area contributed by atoms with Crippen LogP contribution >= 0.6 is 14.7 Å². The van der Waals surface area contributed by atoms with Crippen molar-refractivity contribution in [2.24, 2.45) is 0 Å². The first-order valence-corrected chi connectivity index (χ1v) is 9.70. The summed E-state index contributed by atoms with van der Waals surface area (Å²) in [5, 5.41) is 0. The Hall–Kier alpha value is -0.680. The standard InChI is InChI=1S/C10H20O8P2/c1-7(2)19(13,14)5-17-9(11)10(12)18-6-20(15,16)8(3)4/h7-8H,5-6H2,1-4H3,(H,13,14)(H,15,16). The van der Waals surface area contributed by atoms with Crippen LogP contribution in [-0.2, 0) is 28.2 Å². The van der Waals surface area contributed by atoms with Crippen molar-refractivity contribution in [3.63, 3.8) is 0 Å². The highest BCUT2D eigenvalue weighted by Crippen LogP contribution is 2.46. The fraction of sp³-hybridized carbons (Fsp3) is 0.800. The molecule has 0 saturated carbocycles. The highest BCUT2D eigenvalue weighted by atomic mass is 31.2. The van der Waals surface area contributed by atoms with Crippen LogP contribution in [0, 0.1) is 0 Å². The maximum absolute atomic E-state index is 11.5. The van der Waals surface area contributed by atoms with E-state index in [1.54, 1.807) is 0 Å². The molecule has 0 bridgehead atoms. The van der Waals surface area contributed by atoms with Gasteiger partial charge in [0.05, 0.1) is 0 Å². The van der Waals surface area contributed by atoms with Crippen LogP contribution in [0.4, 0.5) is 0 Å². The van der Waals surface area contributed by atoms with Crippen LogP contribution in [0.2, 0.25) is 0 Å². The van der Waals surface area contributed by atoms with Gasteiger partial charge in [-0.25, -0.2) is 9.59 Å². The Morgan fingerprint density at radius 2 is 1.10 bits per heavy atom. The summed E-state index contributed by atoms with van der Waals surface area (Å²) in [7, 11) is -7.36. The molecule has 10 heteroatoms. The summed E-state index contributed by atoms with van der Waals surface area (Å²) >= 11 is 0. The fourth-order valence-corrected chi connectivity index (χ4v) is 1.92. The third kappa shape index (κ3) is 6.18. The van der Waals surface area contributed by atoms with E-state index >= 15 is 0 Å². The molecule has 0 fully saturated rings. The van der Waals surface area contributed by atoms with Crippen molar-refractivity contribution >= 4 is 26.7 Å². The van der Waals surface area contributed by atoms with Crippen molar-refractivity contribution in [2.75, 3.05) is 12.7 Å². The molecule has 0 saturated heterocycles. The molecule has 2 atom stereocenters. The lowest BCUT2D eigenvalue weighted by molar-refractivity contribution is -0.165. The van der Waals surface area contributed by atoms with Crippen LogP contribution in [0.15, 0.2) is 0 Å². The van der Waals surface area contributed by atoms with Crippen molar-refractivity contribution in [3.05, 3.63) is 0 Å². The Kier molecular flexibility index (Phi) is 7.11. The van der Waals surface area contributed by atoms with Crippen molar-refractivity contribution in [1.82, 2.24) is 0 Å². The summed E-state index contributed by atoms with van der Waals surface area (Å²) < 4.78 is 31.7. The molecule has 0 aliphatic rings. The first-order valence-electron chi connectivity index (χ1n) is 5.87. The number of hydrogen-bond acceptors (Lipinski definition) is 6. The third-order valence-corrected chi connectivity index (χ3v) is 6.77. The zero-order valence-electron chi connectivity index (χ0n) is 11.8. The lowest BCUT2D eigenvalue weighted by Crippen LogP contribution is -2.22. The predicted octanol–water partition coefficient (Wildman–Crippen LogP) is 1.35. The van der Waals surface area contributed by atoms with Crippen LogP contribution in [-0.4, -0.2) is 45.7 Å². The quantitative estimate of drug-likeness (QED) is 0.424. The van der Waals surface area contributed by atoms with Gasteiger partial charge in [0, 0.05) is 11.3 Å². The normalized spacial score (nSPS) is 17.4. The molecule has 8 nitrogen and oxygen atoms in total. The summed E-state index contributed by atoms with van der Waals surface area (Å²) in [5.41, 5.74) is -1.24. The van der Waals surface area contributed by atoms with Gasteiger partial charge in [-0.2, -0.15) is 0 Å². The molecule has 0 radical (unpaired) electrons. The predicted molar refractivity (Wildman–Crippen MR) is 71.8 cm³/mol. The van der Waals surface area contributed by atoms with Gasteiger partial charge in [0.1, 0.15) is 0 Å². The lowest BCUT2D eigenvalue weighted by atomic mass is 10.6. The van der Waals surface area contributed by atoms with E-state index in [-0.39, 0.29) is 0 Å². The van der Waals surface area contributed by atoms with Gasteiger partial charge >= 0.3 is 11.9 Å². The molecule has 0 rings (SSSR count). The topological polar surface area (TPSA) is 127 Å². The summed E-state index contributed by atoms with van der Waals surface area (Å²) in [4.78, 5) is 41.2. The van der Waals surface area contributed by atoms with Crippen molar-refractivity contribution in [3.8, 4) is 0 Å². The molecule has 118 valence electrons. The van der Waals surface area contributed by atoms with Crippen molar-refractivity contribution in [2.45, 2.75) is 39.0 Å². The monoisotopic (exact) mass is 330 g/mol. The molecule has 20 heavy (non-hydrogen) atoms. The zero-order valence-corrected chi connectivity index (χ0v) is 13.6. The summed E-state index contributed by atoms with van der Waals surface area (Å²) in [6.07, 6.45) is -1.61. The lowest BCUT2D eigenvalue weighted by Gasteiger charge is -2.16. The Bertz CT molecular complexity index is 414. The first-order chi connectivity index (χ1) is 8.90. The molecule has 0 spiro atoms. The number of ether oxygens (including phenoxy) is 2. The van der Waals surface area contributed by atoms with Gasteiger partial charge in [0.2, 0.25) is 14.7 Å². The van der Waals surface area contributed by atoms with Crippen molar-refractivity contribution in [1.29, 1.82) is 0 Å². The molecule has 0 amide bonds. The number of hydrogen-bond donors (Lipinski definition) is 2. The zero-order chi connectivity index (χ0) is 16.1. The van der Waals surface area contributed by atoms with Crippen LogP contribution in [0.25, 0.3) is 0 Å². The second-order valence-corrected chi connectivity index (χ2v) is 10.4. The Balaban J connectivity index is 4.36. The summed E-state index contributed by atoms with van der Waals surface area (Å²) in [6, 6.07) is 0. The van der Waals surface area contributed by atoms with E-state index in [9.17, 15) is 28.5 Å². The summed E-state index contributed by atoms with van der Waals surface area (Å²) in [6.45, 7) is 5.88. The van der Waals surface area contributed by atoms with E-state index in [0.717, 1.165) is 0 Å². The van der Waals surface area contributed by atoms with E-state index < -0.39 is 50.7 Å². The highest BCUT2D eigenvalue weighted by molar-refractivity contribution is 7.58. The van der Waals surface area contributed by atoms with Crippen LogP contribution in [0.5, 0.6) is 0 Å². The molecular weight excluding hydrogens is 310 g/mol. The molecule has 0 aliphatic carbocycles. The van der Waals surface area contributed by atoms with Gasteiger partial charge < -0.3 is 19.3 Å². The molecule has 0 aliphatic heterocycles. The van der Waals surface area contributed by atoms with Gasteiger partial charge in [-0.15, -0.1) is 0 Å². The Morgan fingerprint density at radius 1 is 0.850 bits per heavy atom. The van der Waals surface area contributed by atoms with Gasteiger partial charge in [0.15, 0.2) is 12.7 Å². The third-order valence-electron chi connectivity index (χ3n) is 2.54. The second-order valence-electron chi connectivity index (χ2n) is 4.82. The SMILES string of the molecule is CC(C)P(=O)(O)COC(=O)C(=O)OCP(=O)(O)C(C)C. The minimum atomic E-state index is -3.68. The molecular formula is C10H20O8P2. The molecule has 2 unspecified atom stereocenters. The Labute approximate surface area is 117 Å². The minimum absolute atomic E-state index is 0.620. The highest BCUT2D eigenvalue weighted by Gasteiger charge is 2.30. The van der Waals surface area contributed by atoms with E-state index in [1.165, 1.54) is 27.7 Å². The molecule has 0 aromatic carbocycles. The second kappa shape index (κ2) is 7.36. The van der Waals surface area contributed by atoms with E-state index in [4.69, 9.17) is 0 Å². The van der Waals surface area contributed by atoms with Crippen LogP contribution in [0.3, 0.4) is 0 Å². The van der Waals surface area contributed by atoms with Gasteiger partial charge in [-0.1, -0.05) is 27.7 Å². The van der Waals surface area contributed by atoms with Gasteiger partial charge in [-0.3, -0.25) is 9.13 Å². The number of carbonyl (C=O) groups excluding carboxylic acids is 2. The Morgan fingerprint density at radius 3 is 1.30 bits per heavy atom. The minimum Gasteiger partial charge on any atom is -0.447 e. The smallest absolute Gasteiger partial charge is 0.418 e. The maximum Gasteiger partial charge on any atom is 0.418 e. The average molecular weight is 330 g/mol. The molecule has 0 heterocycles.